The third kappa shape index (κ3) is 5.30. The summed E-state index contributed by atoms with van der Waals surface area (Å²) in [4.78, 5) is 13.6. The number of aliphatic hydroxyl groups is 3. The highest BCUT2D eigenvalue weighted by atomic mass is 35.5. The van der Waals surface area contributed by atoms with Crippen molar-refractivity contribution in [2.24, 2.45) is 0 Å². The summed E-state index contributed by atoms with van der Waals surface area (Å²) in [6.07, 6.45) is -5.56. The molecular weight excluding hydrogens is 464 g/mol. The molecule has 186 valence electrons. The van der Waals surface area contributed by atoms with Crippen LogP contribution in [-0.2, 0) is 22.4 Å². The zero-order chi connectivity index (χ0) is 23.5. The number of anilines is 2. The van der Waals surface area contributed by atoms with Gasteiger partial charge in [0.1, 0.15) is 24.1 Å². The van der Waals surface area contributed by atoms with Gasteiger partial charge in [-0.2, -0.15) is 0 Å². The van der Waals surface area contributed by atoms with E-state index in [1.165, 1.54) is 5.56 Å². The lowest BCUT2D eigenvalue weighted by atomic mass is 9.99. The van der Waals surface area contributed by atoms with Crippen LogP contribution in [0.4, 0.5) is 11.4 Å². The van der Waals surface area contributed by atoms with Gasteiger partial charge in [-0.05, 0) is 56.1 Å². The number of carboxylic acids is 1. The van der Waals surface area contributed by atoms with E-state index in [1.807, 2.05) is 31.3 Å². The van der Waals surface area contributed by atoms with E-state index in [-0.39, 0.29) is 12.4 Å². The summed E-state index contributed by atoms with van der Waals surface area (Å²) in [7, 11) is 1.92. The van der Waals surface area contributed by atoms with Crippen molar-refractivity contribution in [3.8, 4) is 5.75 Å². The second-order valence-corrected chi connectivity index (χ2v) is 8.38. The Labute approximate surface area is 204 Å². The number of benzene rings is 2. The summed E-state index contributed by atoms with van der Waals surface area (Å²) >= 11 is 0. The van der Waals surface area contributed by atoms with Crippen LogP contribution < -0.4 is 15.0 Å². The van der Waals surface area contributed by atoms with E-state index in [2.05, 4.69) is 22.3 Å². The summed E-state index contributed by atoms with van der Waals surface area (Å²) in [5.41, 5.74) is 4.50. The number of para-hydroxylation sites is 1. The summed E-state index contributed by atoms with van der Waals surface area (Å²) < 4.78 is 11.1. The average Bonchev–Trinajstić information content (AvgIpc) is 2.96. The Morgan fingerprint density at radius 3 is 2.47 bits per heavy atom. The Bertz CT molecular complexity index is 992. The molecule has 2 aliphatic rings. The van der Waals surface area contributed by atoms with Crippen molar-refractivity contribution in [3.05, 3.63) is 53.6 Å². The van der Waals surface area contributed by atoms with Crippen molar-refractivity contribution in [1.29, 1.82) is 0 Å². The average molecular weight is 495 g/mol. The molecule has 0 aromatic heterocycles. The van der Waals surface area contributed by atoms with E-state index in [4.69, 9.17) is 9.47 Å². The standard InChI is InChI=1S/C24H30N2O7.ClH/c1-25-11-4-12-26-17-6-3-2-5-14(17)7-8-15-9-10-16(13-18(15)26)32-24-21(29)19(27)20(28)22(33-24)23(30)31;/h2-3,5-6,9-10,13,19-22,24-25,27-29H,4,7-8,11-12H2,1H3,(H,30,31);1H/t19-,20+,21?,22?,24-;/m1./s1. The number of ether oxygens (including phenoxy) is 2. The van der Waals surface area contributed by atoms with E-state index < -0.39 is 36.7 Å². The molecule has 0 bridgehead atoms. The van der Waals surface area contributed by atoms with Gasteiger partial charge in [-0.25, -0.2) is 4.79 Å². The minimum Gasteiger partial charge on any atom is -0.479 e. The minimum absolute atomic E-state index is 0. The zero-order valence-corrected chi connectivity index (χ0v) is 19.6. The smallest absolute Gasteiger partial charge is 0.335 e. The first kappa shape index (κ1) is 26.2. The Morgan fingerprint density at radius 2 is 1.76 bits per heavy atom. The maximum Gasteiger partial charge on any atom is 0.335 e. The van der Waals surface area contributed by atoms with Crippen LogP contribution in [0.1, 0.15) is 17.5 Å². The molecule has 1 saturated heterocycles. The molecule has 2 heterocycles. The van der Waals surface area contributed by atoms with E-state index in [9.17, 15) is 25.2 Å². The fraction of sp³-hybridized carbons (Fsp3) is 0.458. The highest BCUT2D eigenvalue weighted by Gasteiger charge is 2.48. The predicted octanol–water partition coefficient (Wildman–Crippen LogP) is 1.23. The van der Waals surface area contributed by atoms with E-state index in [0.717, 1.165) is 49.3 Å². The van der Waals surface area contributed by atoms with Crippen LogP contribution in [0.25, 0.3) is 0 Å². The fourth-order valence-corrected chi connectivity index (χ4v) is 4.40. The summed E-state index contributed by atoms with van der Waals surface area (Å²) in [5, 5.41) is 42.7. The molecule has 0 saturated carbocycles. The normalized spacial score (nSPS) is 26.0. The number of halogens is 1. The Kier molecular flexibility index (Phi) is 8.75. The second kappa shape index (κ2) is 11.4. The first-order valence-electron chi connectivity index (χ1n) is 11.1. The Balaban J connectivity index is 0.00000324. The third-order valence-corrected chi connectivity index (χ3v) is 6.17. The molecule has 4 rings (SSSR count). The number of carbonyl (C=O) groups is 1. The molecule has 5 atom stereocenters. The molecule has 2 unspecified atom stereocenters. The fourth-order valence-electron chi connectivity index (χ4n) is 4.40. The lowest BCUT2D eigenvalue weighted by Gasteiger charge is -2.38. The highest BCUT2D eigenvalue weighted by molar-refractivity contribution is 5.85. The third-order valence-electron chi connectivity index (χ3n) is 6.17. The van der Waals surface area contributed by atoms with Crippen LogP contribution in [0.2, 0.25) is 0 Å². The molecule has 10 heteroatoms. The van der Waals surface area contributed by atoms with Gasteiger partial charge < -0.3 is 40.1 Å². The minimum atomic E-state index is -1.76. The zero-order valence-electron chi connectivity index (χ0n) is 18.8. The summed E-state index contributed by atoms with van der Waals surface area (Å²) in [5.74, 6) is -1.08. The predicted molar refractivity (Wildman–Crippen MR) is 128 cm³/mol. The number of rotatable bonds is 7. The topological polar surface area (TPSA) is 132 Å². The summed E-state index contributed by atoms with van der Waals surface area (Å²) in [6.45, 7) is 1.64. The van der Waals surface area contributed by atoms with Gasteiger partial charge in [0, 0.05) is 24.0 Å². The maximum absolute atomic E-state index is 11.4. The van der Waals surface area contributed by atoms with Crippen molar-refractivity contribution in [1.82, 2.24) is 5.32 Å². The molecule has 9 nitrogen and oxygen atoms in total. The molecule has 5 N–H and O–H groups in total. The number of fused-ring (bicyclic) bond motifs is 2. The SMILES string of the molecule is CNCCCN1c2ccccc2CCc2ccc(O[C@@H]3OC(C(=O)O)[C@@H](O)[C@@H](O)C3O)cc21.Cl. The second-order valence-electron chi connectivity index (χ2n) is 8.38. The largest absolute Gasteiger partial charge is 0.479 e. The van der Waals surface area contributed by atoms with E-state index >= 15 is 0 Å². The number of nitrogens with zero attached hydrogens (tertiary/aromatic N) is 1. The van der Waals surface area contributed by atoms with Crippen LogP contribution in [0.5, 0.6) is 5.75 Å². The van der Waals surface area contributed by atoms with Crippen molar-refractivity contribution >= 4 is 29.8 Å². The molecule has 34 heavy (non-hydrogen) atoms. The van der Waals surface area contributed by atoms with Crippen LogP contribution in [0, 0.1) is 0 Å². The van der Waals surface area contributed by atoms with Gasteiger partial charge in [-0.1, -0.05) is 24.3 Å². The van der Waals surface area contributed by atoms with Gasteiger partial charge in [0.25, 0.3) is 0 Å². The number of hydrogen-bond donors (Lipinski definition) is 5. The van der Waals surface area contributed by atoms with Crippen molar-refractivity contribution in [2.75, 3.05) is 25.0 Å². The lowest BCUT2D eigenvalue weighted by molar-refractivity contribution is -0.271. The van der Waals surface area contributed by atoms with Crippen molar-refractivity contribution in [2.45, 2.75) is 50.0 Å². The van der Waals surface area contributed by atoms with E-state index in [1.54, 1.807) is 6.07 Å². The number of aryl methyl sites for hydroxylation is 2. The maximum atomic E-state index is 11.4. The molecule has 0 aliphatic carbocycles. The molecule has 0 spiro atoms. The molecule has 2 aromatic rings. The molecule has 1 fully saturated rings. The number of aliphatic carboxylic acids is 1. The molecular formula is C24H31ClN2O7. The number of aliphatic hydroxyl groups excluding tert-OH is 3. The molecule has 2 aliphatic heterocycles. The molecule has 0 amide bonds. The first-order chi connectivity index (χ1) is 15.9. The molecule has 0 radical (unpaired) electrons. The Morgan fingerprint density at radius 1 is 1.06 bits per heavy atom. The van der Waals surface area contributed by atoms with Crippen LogP contribution >= 0.6 is 12.4 Å². The van der Waals surface area contributed by atoms with Crippen molar-refractivity contribution < 1.29 is 34.7 Å². The van der Waals surface area contributed by atoms with Gasteiger partial charge in [-0.15, -0.1) is 12.4 Å². The Hall–Kier alpha value is -2.40. The highest BCUT2D eigenvalue weighted by Crippen LogP contribution is 2.38. The van der Waals surface area contributed by atoms with Gasteiger partial charge in [0.2, 0.25) is 6.29 Å². The monoisotopic (exact) mass is 494 g/mol. The van der Waals surface area contributed by atoms with Gasteiger partial charge >= 0.3 is 5.97 Å². The number of nitrogens with one attached hydrogen (secondary N) is 1. The van der Waals surface area contributed by atoms with Gasteiger partial charge in [0.15, 0.2) is 6.10 Å². The van der Waals surface area contributed by atoms with Crippen molar-refractivity contribution in [3.63, 3.8) is 0 Å². The first-order valence-corrected chi connectivity index (χ1v) is 11.1. The molecule has 2 aromatic carbocycles. The van der Waals surface area contributed by atoms with Crippen LogP contribution in [0.15, 0.2) is 42.5 Å². The van der Waals surface area contributed by atoms with E-state index in [0.29, 0.717) is 5.75 Å². The van der Waals surface area contributed by atoms with Crippen LogP contribution in [0.3, 0.4) is 0 Å². The number of hydrogen-bond acceptors (Lipinski definition) is 8. The lowest BCUT2D eigenvalue weighted by Crippen LogP contribution is -2.61. The quantitative estimate of drug-likeness (QED) is 0.360. The van der Waals surface area contributed by atoms with Gasteiger partial charge in [0.05, 0.1) is 0 Å². The number of carboxylic acid groups (broad SMARTS) is 1. The van der Waals surface area contributed by atoms with Gasteiger partial charge in [-0.3, -0.25) is 0 Å². The summed E-state index contributed by atoms with van der Waals surface area (Å²) in [6, 6.07) is 13.8. The van der Waals surface area contributed by atoms with Crippen LogP contribution in [-0.4, -0.2) is 77.2 Å².